The molecule has 1 aromatic heterocycles. The minimum absolute atomic E-state index is 0.125. The van der Waals surface area contributed by atoms with Crippen molar-refractivity contribution in [2.75, 3.05) is 6.54 Å². The average molecular weight is 343 g/mol. The van der Waals surface area contributed by atoms with Gasteiger partial charge in [0, 0.05) is 13.1 Å². The largest absolute Gasteiger partial charge is 0.420 e. The zero-order chi connectivity index (χ0) is 17.6. The summed E-state index contributed by atoms with van der Waals surface area (Å²) in [7, 11) is 0. The van der Waals surface area contributed by atoms with Crippen molar-refractivity contribution in [2.45, 2.75) is 44.7 Å². The molecule has 2 fully saturated rings. The van der Waals surface area contributed by atoms with Crippen LogP contribution in [0.2, 0.25) is 0 Å². The first-order valence-corrected chi connectivity index (χ1v) is 8.75. The van der Waals surface area contributed by atoms with Crippen LogP contribution in [0.4, 0.5) is 4.79 Å². The second-order valence-electron chi connectivity index (χ2n) is 6.99. The fraction of sp³-hybridized carbons (Fsp3) is 0.500. The highest BCUT2D eigenvalue weighted by Gasteiger charge is 2.54. The van der Waals surface area contributed by atoms with Crippen LogP contribution in [-0.4, -0.2) is 33.5 Å². The van der Waals surface area contributed by atoms with Crippen LogP contribution < -0.4 is 11.1 Å². The summed E-state index contributed by atoms with van der Waals surface area (Å²) in [5.41, 5.74) is 0.404. The number of benzene rings is 1. The van der Waals surface area contributed by atoms with Crippen LogP contribution in [0.15, 0.2) is 33.5 Å². The Labute approximate surface area is 144 Å². The number of amides is 3. The van der Waals surface area contributed by atoms with Gasteiger partial charge in [-0.3, -0.25) is 14.3 Å². The van der Waals surface area contributed by atoms with E-state index in [2.05, 4.69) is 5.32 Å². The van der Waals surface area contributed by atoms with E-state index in [9.17, 15) is 14.4 Å². The second kappa shape index (κ2) is 5.75. The number of nitrogens with zero attached hydrogens (tertiary/aromatic N) is 2. The van der Waals surface area contributed by atoms with Gasteiger partial charge in [-0.05, 0) is 30.9 Å². The Morgan fingerprint density at radius 3 is 2.80 bits per heavy atom. The Morgan fingerprint density at radius 1 is 1.20 bits per heavy atom. The van der Waals surface area contributed by atoms with E-state index in [1.165, 1.54) is 9.47 Å². The van der Waals surface area contributed by atoms with Crippen molar-refractivity contribution in [1.82, 2.24) is 14.8 Å². The quantitative estimate of drug-likeness (QED) is 0.865. The summed E-state index contributed by atoms with van der Waals surface area (Å²) in [6.07, 6.45) is 3.65. The molecule has 25 heavy (non-hydrogen) atoms. The van der Waals surface area contributed by atoms with Crippen molar-refractivity contribution in [3.8, 4) is 0 Å². The highest BCUT2D eigenvalue weighted by atomic mass is 16.4. The third-order valence-electron chi connectivity index (χ3n) is 5.62. The number of hydrogen-bond donors (Lipinski definition) is 1. The van der Waals surface area contributed by atoms with Crippen LogP contribution >= 0.6 is 0 Å². The van der Waals surface area contributed by atoms with Gasteiger partial charge in [0.15, 0.2) is 5.58 Å². The summed E-state index contributed by atoms with van der Waals surface area (Å²) in [6, 6.07) is 6.76. The number of carbonyl (C=O) groups is 2. The molecule has 1 aliphatic carbocycles. The number of hydrogen-bond acceptors (Lipinski definition) is 4. The lowest BCUT2D eigenvalue weighted by molar-refractivity contribution is -0.134. The molecular weight excluding hydrogens is 322 g/mol. The Balaban J connectivity index is 1.57. The molecule has 4 rings (SSSR count). The van der Waals surface area contributed by atoms with Crippen LogP contribution in [0.5, 0.6) is 0 Å². The normalized spacial score (nSPS) is 26.6. The van der Waals surface area contributed by atoms with Crippen LogP contribution in [0.25, 0.3) is 11.1 Å². The van der Waals surface area contributed by atoms with Crippen molar-refractivity contribution in [2.24, 2.45) is 5.92 Å². The minimum Gasteiger partial charge on any atom is -0.408 e. The number of nitrogens with one attached hydrogen (secondary N) is 1. The predicted molar refractivity (Wildman–Crippen MR) is 91.1 cm³/mol. The molecule has 2 aromatic rings. The highest BCUT2D eigenvalue weighted by molar-refractivity contribution is 6.07. The minimum atomic E-state index is -0.765. The summed E-state index contributed by atoms with van der Waals surface area (Å²) >= 11 is 0. The summed E-state index contributed by atoms with van der Waals surface area (Å²) in [4.78, 5) is 38.6. The maximum atomic E-state index is 12.9. The lowest BCUT2D eigenvalue weighted by atomic mass is 9.73. The van der Waals surface area contributed by atoms with Crippen molar-refractivity contribution in [1.29, 1.82) is 0 Å². The molecule has 7 heteroatoms. The lowest BCUT2D eigenvalue weighted by Gasteiger charge is -2.36. The van der Waals surface area contributed by atoms with Crippen LogP contribution in [0.3, 0.4) is 0 Å². The molecule has 0 unspecified atom stereocenters. The smallest absolute Gasteiger partial charge is 0.408 e. The number of para-hydroxylation sites is 2. The average Bonchev–Trinajstić information content (AvgIpc) is 3.04. The molecule has 7 nitrogen and oxygen atoms in total. The van der Waals surface area contributed by atoms with Gasteiger partial charge in [0.25, 0.3) is 5.91 Å². The maximum absolute atomic E-state index is 12.9. The van der Waals surface area contributed by atoms with Gasteiger partial charge in [0.1, 0.15) is 5.54 Å². The maximum Gasteiger partial charge on any atom is 0.420 e. The van der Waals surface area contributed by atoms with Gasteiger partial charge < -0.3 is 9.73 Å². The van der Waals surface area contributed by atoms with E-state index in [4.69, 9.17) is 4.42 Å². The third-order valence-corrected chi connectivity index (χ3v) is 5.62. The zero-order valence-corrected chi connectivity index (χ0v) is 14.2. The van der Waals surface area contributed by atoms with E-state index in [1.54, 1.807) is 18.2 Å². The Kier molecular flexibility index (Phi) is 3.67. The first kappa shape index (κ1) is 15.9. The van der Waals surface area contributed by atoms with E-state index in [-0.39, 0.29) is 30.9 Å². The van der Waals surface area contributed by atoms with Crippen molar-refractivity contribution >= 4 is 23.0 Å². The van der Waals surface area contributed by atoms with E-state index < -0.39 is 11.3 Å². The number of rotatable bonds is 3. The van der Waals surface area contributed by atoms with Crippen LogP contribution in [-0.2, 0) is 11.3 Å². The molecule has 2 aliphatic rings. The topological polar surface area (TPSA) is 84.6 Å². The molecule has 132 valence electrons. The molecule has 0 radical (unpaired) electrons. The number of oxazole rings is 1. The first-order valence-electron chi connectivity index (χ1n) is 8.75. The summed E-state index contributed by atoms with van der Waals surface area (Å²) in [5, 5.41) is 2.93. The highest BCUT2D eigenvalue weighted by Crippen LogP contribution is 2.38. The van der Waals surface area contributed by atoms with E-state index in [1.807, 2.05) is 13.0 Å². The third kappa shape index (κ3) is 2.37. The molecule has 2 atom stereocenters. The number of fused-ring (bicyclic) bond motifs is 1. The van der Waals surface area contributed by atoms with Crippen molar-refractivity contribution < 1.29 is 14.0 Å². The van der Waals surface area contributed by atoms with Gasteiger partial charge in [-0.2, -0.15) is 0 Å². The van der Waals surface area contributed by atoms with Crippen molar-refractivity contribution in [3.05, 3.63) is 34.8 Å². The van der Waals surface area contributed by atoms with Gasteiger partial charge in [-0.1, -0.05) is 31.9 Å². The molecular formula is C18H21N3O4. The first-order chi connectivity index (χ1) is 12.0. The van der Waals surface area contributed by atoms with E-state index >= 15 is 0 Å². The standard InChI is InChI=1S/C18H21N3O4/c1-12-6-4-5-9-18(12)15(22)21(16(23)19-18)11-10-20-13-7-2-3-8-14(13)25-17(20)24/h2-3,7-8,12H,4-6,9-11H2,1H3,(H,19,23)/t12-,18+/m1/s1. The molecule has 1 aliphatic heterocycles. The molecule has 3 amide bonds. The SMILES string of the molecule is C[C@@H]1CCCC[C@]12NC(=O)N(CCn1c(=O)oc3ccccc31)C2=O. The molecule has 1 spiro atoms. The summed E-state index contributed by atoms with van der Waals surface area (Å²) < 4.78 is 6.66. The fourth-order valence-electron chi connectivity index (χ4n) is 4.12. The Morgan fingerprint density at radius 2 is 2.00 bits per heavy atom. The molecule has 1 aromatic carbocycles. The molecule has 0 bridgehead atoms. The molecule has 1 N–H and O–H groups in total. The van der Waals surface area contributed by atoms with E-state index in [0.29, 0.717) is 17.5 Å². The van der Waals surface area contributed by atoms with E-state index in [0.717, 1.165) is 19.3 Å². The number of aromatic nitrogens is 1. The van der Waals surface area contributed by atoms with Gasteiger partial charge >= 0.3 is 11.8 Å². The van der Waals surface area contributed by atoms with Crippen molar-refractivity contribution in [3.63, 3.8) is 0 Å². The van der Waals surface area contributed by atoms with Gasteiger partial charge in [-0.25, -0.2) is 9.59 Å². The predicted octanol–water partition coefficient (Wildman–Crippen LogP) is 2.10. The fourth-order valence-corrected chi connectivity index (χ4v) is 4.12. The summed E-state index contributed by atoms with van der Waals surface area (Å²) in [5.74, 6) is -0.514. The van der Waals surface area contributed by atoms with Gasteiger partial charge in [-0.15, -0.1) is 0 Å². The Bertz CT molecular complexity index is 899. The number of carbonyl (C=O) groups excluding carboxylic acids is 2. The monoisotopic (exact) mass is 343 g/mol. The number of imide groups is 1. The summed E-state index contributed by atoms with van der Waals surface area (Å²) in [6.45, 7) is 2.40. The second-order valence-corrected chi connectivity index (χ2v) is 6.99. The molecule has 1 saturated heterocycles. The van der Waals surface area contributed by atoms with Gasteiger partial charge in [0.2, 0.25) is 0 Å². The Hall–Kier alpha value is -2.57. The van der Waals surface area contributed by atoms with Crippen LogP contribution in [0, 0.1) is 5.92 Å². The molecule has 1 saturated carbocycles. The lowest BCUT2D eigenvalue weighted by Crippen LogP contribution is -2.54. The van der Waals surface area contributed by atoms with Gasteiger partial charge in [0.05, 0.1) is 5.52 Å². The zero-order valence-electron chi connectivity index (χ0n) is 14.2. The molecule has 2 heterocycles. The van der Waals surface area contributed by atoms with Crippen LogP contribution in [0.1, 0.15) is 32.6 Å². The number of urea groups is 1.